The molecule has 7 heteroatoms. The summed E-state index contributed by atoms with van der Waals surface area (Å²) in [6.07, 6.45) is 2.13. The first kappa shape index (κ1) is 20.2. The molecule has 1 aliphatic heterocycles. The van der Waals surface area contributed by atoms with Crippen LogP contribution in [0.4, 0.5) is 5.69 Å². The molecule has 0 saturated carbocycles. The van der Waals surface area contributed by atoms with E-state index in [1.165, 1.54) is 15.9 Å². The summed E-state index contributed by atoms with van der Waals surface area (Å²) in [4.78, 5) is 20.0. The van der Waals surface area contributed by atoms with E-state index < -0.39 is 0 Å². The van der Waals surface area contributed by atoms with E-state index in [1.54, 1.807) is 7.11 Å². The van der Waals surface area contributed by atoms with Gasteiger partial charge in [-0.05, 0) is 61.3 Å². The first-order valence-electron chi connectivity index (χ1n) is 10.4. The molecular formula is C23H29N5O2. The standard InChI is InChI=1S/C23H29N5O2/c1-26(2)19-8-6-17(7-9-19)15-27-14-4-5-18(16-27)22-24-23(29)28(25-22)20-10-12-21(30-3)13-11-20/h6-13,18H,4-5,14-16H2,1-3H3,(H,24,25,29). The monoisotopic (exact) mass is 407 g/mol. The molecule has 1 saturated heterocycles. The number of likely N-dealkylation sites (tertiary alicyclic amines) is 1. The molecule has 2 heterocycles. The van der Waals surface area contributed by atoms with Crippen molar-refractivity contribution < 1.29 is 4.74 Å². The highest BCUT2D eigenvalue weighted by molar-refractivity contribution is 5.46. The van der Waals surface area contributed by atoms with E-state index in [-0.39, 0.29) is 11.6 Å². The lowest BCUT2D eigenvalue weighted by Crippen LogP contribution is -2.34. The highest BCUT2D eigenvalue weighted by atomic mass is 16.5. The van der Waals surface area contributed by atoms with E-state index in [1.807, 2.05) is 24.3 Å². The number of H-pyrrole nitrogens is 1. The van der Waals surface area contributed by atoms with Gasteiger partial charge < -0.3 is 9.64 Å². The number of hydrogen-bond donors (Lipinski definition) is 1. The van der Waals surface area contributed by atoms with Gasteiger partial charge in [-0.25, -0.2) is 4.79 Å². The number of hydrogen-bond acceptors (Lipinski definition) is 5. The normalized spacial score (nSPS) is 17.1. The fraction of sp³-hybridized carbons (Fsp3) is 0.391. The maximum absolute atomic E-state index is 12.5. The van der Waals surface area contributed by atoms with Gasteiger partial charge in [0.15, 0.2) is 0 Å². The average Bonchev–Trinajstić information content (AvgIpc) is 3.16. The number of nitrogens with zero attached hydrogens (tertiary/aromatic N) is 4. The minimum absolute atomic E-state index is 0.202. The van der Waals surface area contributed by atoms with Gasteiger partial charge >= 0.3 is 5.69 Å². The number of piperidine rings is 1. The van der Waals surface area contributed by atoms with Crippen molar-refractivity contribution in [3.8, 4) is 11.4 Å². The Bertz CT molecular complexity index is 1020. The van der Waals surface area contributed by atoms with Gasteiger partial charge in [-0.15, -0.1) is 5.10 Å². The summed E-state index contributed by atoms with van der Waals surface area (Å²) in [5.74, 6) is 1.75. The number of ether oxygens (including phenoxy) is 1. The van der Waals surface area contributed by atoms with Crippen molar-refractivity contribution in [3.63, 3.8) is 0 Å². The number of benzene rings is 2. The highest BCUT2D eigenvalue weighted by Gasteiger charge is 2.25. The van der Waals surface area contributed by atoms with Crippen LogP contribution >= 0.6 is 0 Å². The van der Waals surface area contributed by atoms with Crippen LogP contribution in [0.5, 0.6) is 5.75 Å². The van der Waals surface area contributed by atoms with E-state index in [9.17, 15) is 4.79 Å². The molecule has 2 aromatic carbocycles. The van der Waals surface area contributed by atoms with E-state index in [0.29, 0.717) is 0 Å². The largest absolute Gasteiger partial charge is 0.497 e. The third kappa shape index (κ3) is 4.41. The van der Waals surface area contributed by atoms with Gasteiger partial charge in [-0.1, -0.05) is 12.1 Å². The molecule has 0 amide bonds. The third-order valence-electron chi connectivity index (χ3n) is 5.70. The Labute approximate surface area is 176 Å². The van der Waals surface area contributed by atoms with E-state index in [2.05, 4.69) is 58.2 Å². The fourth-order valence-electron chi connectivity index (χ4n) is 4.00. The lowest BCUT2D eigenvalue weighted by atomic mass is 9.97. The van der Waals surface area contributed by atoms with E-state index >= 15 is 0 Å². The molecule has 1 atom stereocenters. The van der Waals surface area contributed by atoms with Crippen LogP contribution in [0.1, 0.15) is 30.1 Å². The summed E-state index contributed by atoms with van der Waals surface area (Å²) in [5, 5.41) is 4.61. The molecular weight excluding hydrogens is 378 g/mol. The van der Waals surface area contributed by atoms with Crippen molar-refractivity contribution in [2.75, 3.05) is 39.2 Å². The van der Waals surface area contributed by atoms with Crippen molar-refractivity contribution in [3.05, 3.63) is 70.4 Å². The van der Waals surface area contributed by atoms with Gasteiger partial charge in [0.25, 0.3) is 0 Å². The number of aromatic amines is 1. The summed E-state index contributed by atoms with van der Waals surface area (Å²) >= 11 is 0. The number of rotatable bonds is 6. The Hall–Kier alpha value is -3.06. The lowest BCUT2D eigenvalue weighted by Gasteiger charge is -2.31. The summed E-state index contributed by atoms with van der Waals surface area (Å²) in [7, 11) is 5.73. The van der Waals surface area contributed by atoms with Gasteiger partial charge in [0.1, 0.15) is 11.6 Å². The van der Waals surface area contributed by atoms with Crippen LogP contribution in [0.3, 0.4) is 0 Å². The first-order chi connectivity index (χ1) is 14.5. The van der Waals surface area contributed by atoms with Crippen LogP contribution in [0.15, 0.2) is 53.3 Å². The maximum Gasteiger partial charge on any atom is 0.348 e. The van der Waals surface area contributed by atoms with Crippen LogP contribution in [-0.4, -0.2) is 54.0 Å². The number of nitrogens with one attached hydrogen (secondary N) is 1. The molecule has 0 bridgehead atoms. The molecule has 0 spiro atoms. The molecule has 1 aromatic heterocycles. The Morgan fingerprint density at radius 3 is 2.53 bits per heavy atom. The number of anilines is 1. The minimum atomic E-state index is -0.202. The van der Waals surface area contributed by atoms with Crippen LogP contribution in [-0.2, 0) is 6.54 Å². The van der Waals surface area contributed by atoms with Crippen LogP contribution in [0.25, 0.3) is 5.69 Å². The summed E-state index contributed by atoms with van der Waals surface area (Å²) < 4.78 is 6.63. The summed E-state index contributed by atoms with van der Waals surface area (Å²) in [5.41, 5.74) is 3.04. The predicted octanol–water partition coefficient (Wildman–Crippen LogP) is 3.01. The molecule has 1 N–H and O–H groups in total. The summed E-state index contributed by atoms with van der Waals surface area (Å²) in [6.45, 7) is 2.87. The Kier molecular flexibility index (Phi) is 5.90. The molecule has 0 radical (unpaired) electrons. The molecule has 3 aromatic rings. The smallest absolute Gasteiger partial charge is 0.348 e. The number of aromatic nitrogens is 3. The van der Waals surface area contributed by atoms with Crippen LogP contribution in [0, 0.1) is 0 Å². The SMILES string of the molecule is COc1ccc(-n2nc(C3CCCN(Cc4ccc(N(C)C)cc4)C3)[nH]c2=O)cc1. The molecule has 1 aliphatic rings. The van der Waals surface area contributed by atoms with Crippen molar-refractivity contribution in [2.24, 2.45) is 0 Å². The molecule has 30 heavy (non-hydrogen) atoms. The summed E-state index contributed by atoms with van der Waals surface area (Å²) in [6, 6.07) is 16.1. The second-order valence-corrected chi connectivity index (χ2v) is 8.06. The highest BCUT2D eigenvalue weighted by Crippen LogP contribution is 2.26. The quantitative estimate of drug-likeness (QED) is 0.680. The van der Waals surface area contributed by atoms with Crippen LogP contribution in [0.2, 0.25) is 0 Å². The van der Waals surface area contributed by atoms with Crippen LogP contribution < -0.4 is 15.3 Å². The third-order valence-corrected chi connectivity index (χ3v) is 5.70. The van der Waals surface area contributed by atoms with Crippen molar-refractivity contribution in [2.45, 2.75) is 25.3 Å². The minimum Gasteiger partial charge on any atom is -0.497 e. The van der Waals surface area contributed by atoms with E-state index in [4.69, 9.17) is 4.74 Å². The Balaban J connectivity index is 1.46. The first-order valence-corrected chi connectivity index (χ1v) is 10.4. The van der Waals surface area contributed by atoms with E-state index in [0.717, 1.165) is 49.7 Å². The molecule has 4 rings (SSSR count). The van der Waals surface area contributed by atoms with Crippen molar-refractivity contribution >= 4 is 5.69 Å². The second-order valence-electron chi connectivity index (χ2n) is 8.06. The zero-order chi connectivity index (χ0) is 21.1. The van der Waals surface area contributed by atoms with Gasteiger partial charge in [-0.3, -0.25) is 9.88 Å². The average molecular weight is 408 g/mol. The van der Waals surface area contributed by atoms with Gasteiger partial charge in [0, 0.05) is 38.8 Å². The molecule has 158 valence electrons. The zero-order valence-corrected chi connectivity index (χ0v) is 17.8. The molecule has 1 unspecified atom stereocenters. The van der Waals surface area contributed by atoms with Gasteiger partial charge in [0.2, 0.25) is 0 Å². The Morgan fingerprint density at radius 1 is 1.13 bits per heavy atom. The molecule has 7 nitrogen and oxygen atoms in total. The van der Waals surface area contributed by atoms with Crippen molar-refractivity contribution in [1.82, 2.24) is 19.7 Å². The maximum atomic E-state index is 12.5. The molecule has 0 aliphatic carbocycles. The number of methoxy groups -OCH3 is 1. The topological polar surface area (TPSA) is 66.4 Å². The van der Waals surface area contributed by atoms with Gasteiger partial charge in [0.05, 0.1) is 12.8 Å². The van der Waals surface area contributed by atoms with Crippen molar-refractivity contribution in [1.29, 1.82) is 0 Å². The lowest BCUT2D eigenvalue weighted by molar-refractivity contribution is 0.196. The fourth-order valence-corrected chi connectivity index (χ4v) is 4.00. The zero-order valence-electron chi connectivity index (χ0n) is 17.8. The second kappa shape index (κ2) is 8.75. The Morgan fingerprint density at radius 2 is 1.87 bits per heavy atom. The van der Waals surface area contributed by atoms with Gasteiger partial charge in [-0.2, -0.15) is 4.68 Å². The predicted molar refractivity (Wildman–Crippen MR) is 119 cm³/mol. The molecule has 1 fully saturated rings.